The number of carbonyl (C=O) groups is 5. The SMILES string of the molecule is CC(C)C[C@H](NC(=O)OC(C)(C)C)C(=O)N1CCC[C@@H]1C(=O)N1[C@@H](C(=O)OCc2ccccc2)[C@@H]1C(=O)OCc1ccccc1. The molecular formula is C34H43N3O8. The molecular weight excluding hydrogens is 578 g/mol. The first kappa shape index (κ1) is 33.5. The maximum Gasteiger partial charge on any atom is 0.408 e. The second kappa shape index (κ2) is 14.6. The molecule has 11 nitrogen and oxygen atoms in total. The number of carbonyl (C=O) groups excluding carboxylic acids is 5. The highest BCUT2D eigenvalue weighted by Crippen LogP contribution is 2.35. The lowest BCUT2D eigenvalue weighted by Crippen LogP contribution is -2.53. The smallest absolute Gasteiger partial charge is 0.408 e. The zero-order chi connectivity index (χ0) is 32.7. The number of hydrogen-bond acceptors (Lipinski definition) is 8. The van der Waals surface area contributed by atoms with E-state index in [4.69, 9.17) is 14.2 Å². The van der Waals surface area contributed by atoms with Gasteiger partial charge in [0.25, 0.3) is 0 Å². The fourth-order valence-electron chi connectivity index (χ4n) is 5.42. The van der Waals surface area contributed by atoms with Crippen LogP contribution in [0.3, 0.4) is 0 Å². The first-order valence-corrected chi connectivity index (χ1v) is 15.4. The lowest BCUT2D eigenvalue weighted by atomic mass is 10.0. The van der Waals surface area contributed by atoms with Crippen LogP contribution in [0.15, 0.2) is 60.7 Å². The Morgan fingerprint density at radius 2 is 1.36 bits per heavy atom. The van der Waals surface area contributed by atoms with Gasteiger partial charge in [0.2, 0.25) is 11.8 Å². The maximum atomic E-state index is 14.0. The number of ether oxygens (including phenoxy) is 3. The van der Waals surface area contributed by atoms with Crippen molar-refractivity contribution in [3.8, 4) is 0 Å². The second-order valence-corrected chi connectivity index (χ2v) is 12.8. The number of rotatable bonds is 11. The predicted molar refractivity (Wildman–Crippen MR) is 164 cm³/mol. The van der Waals surface area contributed by atoms with E-state index < -0.39 is 59.6 Å². The number of nitrogens with one attached hydrogen (secondary N) is 1. The van der Waals surface area contributed by atoms with Crippen LogP contribution in [0.4, 0.5) is 4.79 Å². The van der Waals surface area contributed by atoms with Gasteiger partial charge >= 0.3 is 18.0 Å². The molecule has 45 heavy (non-hydrogen) atoms. The van der Waals surface area contributed by atoms with Crippen molar-refractivity contribution in [2.24, 2.45) is 5.92 Å². The zero-order valence-corrected chi connectivity index (χ0v) is 26.6. The summed E-state index contributed by atoms with van der Waals surface area (Å²) in [6.07, 6.45) is 0.502. The number of esters is 2. The molecule has 0 spiro atoms. The molecule has 2 aromatic carbocycles. The fraction of sp³-hybridized carbons (Fsp3) is 0.500. The summed E-state index contributed by atoms with van der Waals surface area (Å²) in [6, 6.07) is 14.0. The summed E-state index contributed by atoms with van der Waals surface area (Å²) in [7, 11) is 0. The third-order valence-electron chi connectivity index (χ3n) is 7.51. The van der Waals surface area contributed by atoms with Crippen LogP contribution in [-0.4, -0.2) is 76.0 Å². The highest BCUT2D eigenvalue weighted by atomic mass is 16.6. The molecule has 4 atom stereocenters. The number of alkyl carbamates (subject to hydrolysis) is 1. The first-order valence-electron chi connectivity index (χ1n) is 15.4. The molecule has 0 aromatic heterocycles. The molecule has 2 heterocycles. The van der Waals surface area contributed by atoms with Crippen LogP contribution >= 0.6 is 0 Å². The average molecular weight is 622 g/mol. The lowest BCUT2D eigenvalue weighted by molar-refractivity contribution is -0.148. The van der Waals surface area contributed by atoms with Crippen LogP contribution < -0.4 is 5.32 Å². The van der Waals surface area contributed by atoms with Crippen LogP contribution in [0.2, 0.25) is 0 Å². The molecule has 0 aliphatic carbocycles. The molecule has 2 fully saturated rings. The van der Waals surface area contributed by atoms with Gasteiger partial charge in [-0.2, -0.15) is 0 Å². The van der Waals surface area contributed by atoms with Gasteiger partial charge in [-0.25, -0.2) is 14.4 Å². The van der Waals surface area contributed by atoms with E-state index >= 15 is 0 Å². The molecule has 242 valence electrons. The van der Waals surface area contributed by atoms with Crippen LogP contribution in [-0.2, 0) is 46.6 Å². The van der Waals surface area contributed by atoms with Crippen molar-refractivity contribution in [2.45, 2.75) is 96.9 Å². The van der Waals surface area contributed by atoms with Crippen LogP contribution in [0.5, 0.6) is 0 Å². The van der Waals surface area contributed by atoms with Crippen molar-refractivity contribution in [2.75, 3.05) is 6.54 Å². The van der Waals surface area contributed by atoms with Crippen molar-refractivity contribution < 1.29 is 38.2 Å². The van der Waals surface area contributed by atoms with Gasteiger partial charge < -0.3 is 29.3 Å². The van der Waals surface area contributed by atoms with Crippen LogP contribution in [0.1, 0.15) is 65.0 Å². The van der Waals surface area contributed by atoms with Gasteiger partial charge in [0, 0.05) is 6.54 Å². The number of likely N-dealkylation sites (tertiary alicyclic amines) is 1. The summed E-state index contributed by atoms with van der Waals surface area (Å²) >= 11 is 0. The van der Waals surface area contributed by atoms with Gasteiger partial charge in [-0.3, -0.25) is 9.59 Å². The Hall–Kier alpha value is -4.41. The lowest BCUT2D eigenvalue weighted by Gasteiger charge is -2.30. The zero-order valence-electron chi connectivity index (χ0n) is 26.6. The summed E-state index contributed by atoms with van der Waals surface area (Å²) < 4.78 is 16.4. The van der Waals surface area contributed by atoms with Gasteiger partial charge in [-0.15, -0.1) is 0 Å². The Morgan fingerprint density at radius 3 is 1.82 bits per heavy atom. The topological polar surface area (TPSA) is 131 Å². The monoisotopic (exact) mass is 621 g/mol. The quantitative estimate of drug-likeness (QED) is 0.227. The summed E-state index contributed by atoms with van der Waals surface area (Å²) in [5.41, 5.74) is 0.762. The van der Waals surface area contributed by atoms with E-state index in [-0.39, 0.29) is 19.1 Å². The van der Waals surface area contributed by atoms with Gasteiger partial charge in [0.1, 0.15) is 30.9 Å². The minimum absolute atomic E-state index is 0.0226. The minimum atomic E-state index is -1.17. The van der Waals surface area contributed by atoms with E-state index in [0.717, 1.165) is 16.0 Å². The maximum absolute atomic E-state index is 14.0. The standard InChI is InChI=1S/C34H43N3O8/c1-22(2)19-25(35-33(42)45-34(3,4)5)29(38)36-18-12-17-26(36)30(39)37-27(31(40)43-20-23-13-8-6-9-14-23)28(37)32(41)44-21-24-15-10-7-11-16-24/h6-11,13-16,22,25-28H,12,17-21H2,1-5H3,(H,35,42)/t25-,26+,27+,28+/m0/s1. The summed E-state index contributed by atoms with van der Waals surface area (Å²) in [6.45, 7) is 9.29. The highest BCUT2D eigenvalue weighted by Gasteiger charge is 2.63. The molecule has 1 N–H and O–H groups in total. The first-order chi connectivity index (χ1) is 21.4. The molecule has 2 aromatic rings. The largest absolute Gasteiger partial charge is 0.459 e. The van der Waals surface area contributed by atoms with E-state index in [9.17, 15) is 24.0 Å². The van der Waals surface area contributed by atoms with Gasteiger partial charge in [0.15, 0.2) is 12.1 Å². The molecule has 4 rings (SSSR count). The van der Waals surface area contributed by atoms with Crippen molar-refractivity contribution >= 4 is 29.8 Å². The molecule has 3 amide bonds. The van der Waals surface area contributed by atoms with Crippen molar-refractivity contribution in [3.05, 3.63) is 71.8 Å². The Morgan fingerprint density at radius 1 is 0.844 bits per heavy atom. The Bertz CT molecular complexity index is 1300. The molecule has 2 aliphatic heterocycles. The summed E-state index contributed by atoms with van der Waals surface area (Å²) in [5.74, 6) is -2.35. The van der Waals surface area contributed by atoms with Gasteiger partial charge in [-0.05, 0) is 57.1 Å². The van der Waals surface area contributed by atoms with Crippen molar-refractivity contribution in [1.82, 2.24) is 15.1 Å². The third kappa shape index (κ3) is 9.06. The van der Waals surface area contributed by atoms with Crippen LogP contribution in [0, 0.1) is 5.92 Å². The van der Waals surface area contributed by atoms with Gasteiger partial charge in [0.05, 0.1) is 0 Å². The molecule has 11 heteroatoms. The van der Waals surface area contributed by atoms with E-state index in [0.29, 0.717) is 25.8 Å². The van der Waals surface area contributed by atoms with E-state index in [2.05, 4.69) is 5.32 Å². The molecule has 2 saturated heterocycles. The number of benzene rings is 2. The molecule has 0 radical (unpaired) electrons. The normalized spacial score (nSPS) is 19.9. The third-order valence-corrected chi connectivity index (χ3v) is 7.51. The van der Waals surface area contributed by atoms with E-state index in [1.165, 1.54) is 4.90 Å². The molecule has 0 bridgehead atoms. The highest BCUT2D eigenvalue weighted by molar-refractivity contribution is 6.03. The van der Waals surface area contributed by atoms with E-state index in [1.54, 1.807) is 45.0 Å². The average Bonchev–Trinajstić information content (AvgIpc) is 3.55. The summed E-state index contributed by atoms with van der Waals surface area (Å²) in [5, 5.41) is 2.68. The molecule has 2 aliphatic rings. The Labute approximate surface area is 264 Å². The minimum Gasteiger partial charge on any atom is -0.459 e. The van der Waals surface area contributed by atoms with Crippen molar-refractivity contribution in [3.63, 3.8) is 0 Å². The van der Waals surface area contributed by atoms with Crippen LogP contribution in [0.25, 0.3) is 0 Å². The molecule has 0 saturated carbocycles. The number of hydrogen-bond donors (Lipinski definition) is 1. The Kier molecular flexibility index (Phi) is 10.8. The van der Waals surface area contributed by atoms with Gasteiger partial charge in [-0.1, -0.05) is 74.5 Å². The van der Waals surface area contributed by atoms with Crippen molar-refractivity contribution in [1.29, 1.82) is 0 Å². The number of nitrogens with zero attached hydrogens (tertiary/aromatic N) is 2. The predicted octanol–water partition coefficient (Wildman–Crippen LogP) is 3.98. The van der Waals surface area contributed by atoms with E-state index in [1.807, 2.05) is 50.2 Å². The number of amides is 3. The molecule has 0 unspecified atom stereocenters. The summed E-state index contributed by atoms with van der Waals surface area (Å²) in [4.78, 5) is 69.4. The second-order valence-electron chi connectivity index (χ2n) is 12.8. The Balaban J connectivity index is 1.49. The fourth-order valence-corrected chi connectivity index (χ4v) is 5.42.